The summed E-state index contributed by atoms with van der Waals surface area (Å²) in [6.07, 6.45) is 7.26. The van der Waals surface area contributed by atoms with E-state index in [2.05, 4.69) is 46.9 Å². The smallest absolute Gasteiger partial charge is 0.226 e. The van der Waals surface area contributed by atoms with Crippen LogP contribution in [0.25, 0.3) is 5.57 Å². The molecule has 37 nitrogen and oxygen atoms in total. The van der Waals surface area contributed by atoms with Gasteiger partial charge < -0.3 is 62.9 Å². The number of aliphatic hydroxyl groups is 1. The van der Waals surface area contributed by atoms with Crippen LogP contribution in [-0.2, 0) is 105 Å². The van der Waals surface area contributed by atoms with Gasteiger partial charge in [0.25, 0.3) is 0 Å². The van der Waals surface area contributed by atoms with Crippen molar-refractivity contribution in [3.63, 3.8) is 0 Å². The molecular weight excluding hydrogens is 1730 g/mol. The molecule has 6 heterocycles. The van der Waals surface area contributed by atoms with Crippen LogP contribution < -0.4 is 43.4 Å². The van der Waals surface area contributed by atoms with Crippen LogP contribution in [0, 0.1) is 29.6 Å². The van der Waals surface area contributed by atoms with Crippen molar-refractivity contribution >= 4 is 128 Å². The van der Waals surface area contributed by atoms with E-state index >= 15 is 19.2 Å². The Balaban J connectivity index is 0.876. The minimum atomic E-state index is -4.31. The maximum atomic E-state index is 15.4. The van der Waals surface area contributed by atoms with Crippen LogP contribution in [0.1, 0.15) is 178 Å². The number of imidazole rings is 1. The van der Waals surface area contributed by atoms with E-state index in [-0.39, 0.29) is 195 Å². The molecule has 38 heteroatoms. The number of allylic oxidation sites excluding steroid dienone is 1. The number of aromatic amines is 1. The molecule has 4 bridgehead atoms. The number of rotatable bonds is 49. The Morgan fingerprint density at radius 3 is 1.80 bits per heavy atom. The molecule has 2 aromatic carbocycles. The number of nitrogens with zero attached hydrogens (tertiary/aromatic N) is 7. The van der Waals surface area contributed by atoms with Crippen LogP contribution in [0.4, 0.5) is 0 Å². The normalized spacial score (nSPS) is 20.2. The van der Waals surface area contributed by atoms with Gasteiger partial charge in [-0.25, -0.2) is 4.98 Å². The number of hydrogen-bond acceptors (Lipinski definition) is 27. The maximum absolute atomic E-state index is 15.4. The fourth-order valence-corrected chi connectivity index (χ4v) is 19.6. The van der Waals surface area contributed by atoms with E-state index in [1.165, 1.54) is 42.3 Å². The number of amides is 7. The number of aliphatic imine (C=N–C) groups is 1. The van der Waals surface area contributed by atoms with Gasteiger partial charge in [-0.15, -0.1) is 0 Å². The second kappa shape index (κ2) is 51.0. The SMILES string of the molecule is CC(=O)CCC(=O)C1CCCN1C(=O)C(CCCN=C(N)N)CC(=O)C(CC(C)C)NC(=O)C(CCCCNC(=O)CCCCCNC(=O)CN1CCN2CCN3CCN(CC1)CC(=O)[O][111In]([O]C(=O)C2)[O]C(=O)C3)CC(=O)C(Cc1ccc(O)cc1)NC(=O)C(CO)CC(=O)C(CC1=CCc2ccccc21)NC(=O)C(CC(=O)C1CCC(=O)N1)Cc1ncc[nH]1. The third-order valence-corrected chi connectivity index (χ3v) is 27.7. The molecule has 11 atom stereocenters. The number of carbonyl (C=O) groups excluding carboxylic acids is 16. The van der Waals surface area contributed by atoms with Crippen molar-refractivity contribution in [3.05, 3.63) is 89.5 Å². The number of likely N-dealkylation sites (tertiary alicyclic amines) is 1. The Kier molecular flexibility index (Phi) is 40.3. The third kappa shape index (κ3) is 33.2. The average molecular weight is 1850 g/mol. The van der Waals surface area contributed by atoms with E-state index in [1.54, 1.807) is 6.20 Å². The van der Waals surface area contributed by atoms with Crippen molar-refractivity contribution in [3.8, 4) is 5.75 Å². The van der Waals surface area contributed by atoms with Gasteiger partial charge in [0.15, 0.2) is 34.9 Å². The van der Waals surface area contributed by atoms with Gasteiger partial charge in [-0.1, -0.05) is 69.2 Å². The Hall–Kier alpha value is -10.1. The number of aromatic nitrogens is 2. The minimum Gasteiger partial charge on any atom is -0.508 e. The molecule has 5 fully saturated rings. The number of hydrogen-bond donors (Lipinski definition) is 11. The Bertz CT molecular complexity index is 4320. The second-order valence-corrected chi connectivity index (χ2v) is 37.9. The van der Waals surface area contributed by atoms with Crippen molar-refractivity contribution in [2.24, 2.45) is 46.0 Å². The molecule has 0 spiro atoms. The Labute approximate surface area is 743 Å². The molecule has 5 saturated heterocycles. The van der Waals surface area contributed by atoms with Gasteiger partial charge in [-0.3, -0.25) is 57.7 Å². The molecule has 5 aliphatic heterocycles. The van der Waals surface area contributed by atoms with E-state index in [1.807, 2.05) is 63.8 Å². The van der Waals surface area contributed by atoms with Crippen LogP contribution in [-0.4, -0.2) is 309 Å². The number of aromatic hydroxyl groups is 1. The predicted octanol–water partition coefficient (Wildman–Crippen LogP) is 0.813. The Morgan fingerprint density at radius 1 is 0.611 bits per heavy atom. The van der Waals surface area contributed by atoms with E-state index in [9.17, 15) is 67.7 Å². The van der Waals surface area contributed by atoms with Crippen molar-refractivity contribution in [2.45, 2.75) is 205 Å². The van der Waals surface area contributed by atoms with E-state index in [0.29, 0.717) is 115 Å². The molecule has 13 N–H and O–H groups in total. The van der Waals surface area contributed by atoms with Crippen molar-refractivity contribution < 1.29 is 95.5 Å². The number of carbonyl (C=O) groups is 16. The van der Waals surface area contributed by atoms with Gasteiger partial charge in [0.1, 0.15) is 17.4 Å². The fourth-order valence-electron chi connectivity index (χ4n) is 16.7. The second-order valence-electron chi connectivity index (χ2n) is 34.2. The number of Topliss-reactive ketones (excluding diaryl/α,β-unsaturated/α-hetero) is 6. The predicted molar refractivity (Wildman–Crippen MR) is 460 cm³/mol. The number of fused-ring (bicyclic) bond motifs is 8. The number of ketones is 6. The summed E-state index contributed by atoms with van der Waals surface area (Å²) in [6.45, 7) is 8.10. The number of nitrogens with two attached hydrogens (primary N) is 2. The first-order chi connectivity index (χ1) is 60.4. The quantitative estimate of drug-likeness (QED) is 0.0212. The zero-order chi connectivity index (χ0) is 90.8. The number of guanidine groups is 1. The minimum absolute atomic E-state index is 0.000278. The summed E-state index contributed by atoms with van der Waals surface area (Å²) >= 11 is -4.31. The summed E-state index contributed by atoms with van der Waals surface area (Å²) in [5.41, 5.74) is 14.3. The molecule has 3 aromatic rings. The Morgan fingerprint density at radius 2 is 1.19 bits per heavy atom. The molecule has 1 aliphatic carbocycles. The van der Waals surface area contributed by atoms with Gasteiger partial charge >= 0.3 is 191 Å². The standard InChI is InChI=1S/C88H128N16O21.In/c1-56(2)43-68(75(111)47-62(15-11-31-95-88(89)90)87(125)104-34-12-17-71(104)72(108)27-19-57(3)106)97-84(122)61(14-8-10-30-93-78(113)18-5-4-9-29-94-80(115)51-100-35-37-101(52-81(116)117)39-41-103(54-83(120)121)42-40-102(38-36-100)53-82(118)119)46-74(110)69(44-58-20-24-65(107)25-21-58)98-86(124)64(55-105)49-76(112)70(45-60-23-22-59-13-6-7-16-66(59)60)99-85(123)63(50-77-91-32-33-92-77)48-73(109)67-26-28-79(114)96-67;/h6-7,13,16,20-21,23-25,32-33,56,61-64,67-71,105,107H,4-5,8-12,14-15,17-19,22,26-31,34-55H2,1-3H3,(H,91,92)(H,93,113)(H,94,115)(H,96,114)(H,97,122)(H,98,124)(H,99,123)(H,116,117)(H,118,119)(H,120,121)(H4,89,90,95);/q;+3/p-3/i;1-4. The first-order valence-electron chi connectivity index (χ1n) is 44.3. The number of aliphatic hydroxyl groups excluding tert-OH is 1. The number of nitrogens with one attached hydrogen (secondary N) is 7. The average Bonchev–Trinajstić information content (AvgIpc) is 1.42. The number of phenolic OH excluding ortho intramolecular Hbond substituents is 1. The van der Waals surface area contributed by atoms with Crippen molar-refractivity contribution in [1.29, 1.82) is 0 Å². The molecular formula is C88H125InN16O21. The molecule has 0 saturated carbocycles. The zero-order valence-electron chi connectivity index (χ0n) is 72.6. The largest absolute Gasteiger partial charge is 0.508 e. The first-order valence-corrected chi connectivity index (χ1v) is 48.3. The van der Waals surface area contributed by atoms with Crippen LogP contribution >= 0.6 is 0 Å². The van der Waals surface area contributed by atoms with Crippen LogP contribution in [0.2, 0.25) is 0 Å². The van der Waals surface area contributed by atoms with Crippen molar-refractivity contribution in [1.82, 2.24) is 66.4 Å². The molecule has 6 aliphatic rings. The number of phenols is 1. The van der Waals surface area contributed by atoms with Crippen LogP contribution in [0.3, 0.4) is 0 Å². The molecule has 1 aromatic heterocycles. The summed E-state index contributed by atoms with van der Waals surface area (Å²) < 4.78 is 16.4. The van der Waals surface area contributed by atoms with Gasteiger partial charge in [0.2, 0.25) is 35.4 Å². The van der Waals surface area contributed by atoms with E-state index in [4.69, 9.17) is 20.0 Å². The van der Waals surface area contributed by atoms with Gasteiger partial charge in [-0.05, 0) is 118 Å². The summed E-state index contributed by atoms with van der Waals surface area (Å²) in [6, 6.07) is 7.69. The number of benzene rings is 2. The van der Waals surface area contributed by atoms with Gasteiger partial charge in [0.05, 0.1) is 48.7 Å². The maximum Gasteiger partial charge on any atom is 0.226 e. The first kappa shape index (κ1) is 99.6. The van der Waals surface area contributed by atoms with Crippen LogP contribution in [0.15, 0.2) is 72.0 Å². The summed E-state index contributed by atoms with van der Waals surface area (Å²) in [7, 11) is 0. The van der Waals surface area contributed by atoms with Crippen molar-refractivity contribution in [2.75, 3.05) is 111 Å². The van der Waals surface area contributed by atoms with Gasteiger partial charge in [0, 0.05) is 108 Å². The van der Waals surface area contributed by atoms with Crippen LogP contribution in [0.5, 0.6) is 5.75 Å². The summed E-state index contributed by atoms with van der Waals surface area (Å²) in [4.78, 5) is 243. The topological polar surface area (TPSA) is 523 Å². The molecule has 126 heavy (non-hydrogen) atoms. The van der Waals surface area contributed by atoms with Gasteiger partial charge in [-0.2, -0.15) is 0 Å². The zero-order valence-corrected chi connectivity index (χ0v) is 75.9. The molecule has 9 rings (SSSR count). The molecule has 7 amide bonds. The molecule has 0 radical (unpaired) electrons. The number of H-pyrrole nitrogens is 1. The molecule has 686 valence electrons. The summed E-state index contributed by atoms with van der Waals surface area (Å²) in [5, 5.41) is 38.7. The third-order valence-electron chi connectivity index (χ3n) is 23.8. The van der Waals surface area contributed by atoms with E-state index < -0.39 is 155 Å². The molecule has 11 unspecified atom stereocenters. The number of unbranched alkanes of at least 4 members (excludes halogenated alkanes) is 3. The fraction of sp³-hybridized carbons (Fsp3) is 0.614. The van der Waals surface area contributed by atoms with E-state index in [0.717, 1.165) is 16.7 Å². The summed E-state index contributed by atoms with van der Waals surface area (Å²) in [5.74, 6) is -13.2. The monoisotopic (exact) mass is 1850 g/mol.